The number of hydrogen-bond acceptors (Lipinski definition) is 12. The highest BCUT2D eigenvalue weighted by molar-refractivity contribution is 7.90. The van der Waals surface area contributed by atoms with Crippen LogP contribution in [0.5, 0.6) is 11.5 Å². The molecule has 2 aliphatic heterocycles. The monoisotopic (exact) mass is 750 g/mol. The first kappa shape index (κ1) is 38.9. The lowest BCUT2D eigenvalue weighted by molar-refractivity contribution is -0.244. The lowest BCUT2D eigenvalue weighted by atomic mass is 9.84. The number of esters is 2. The van der Waals surface area contributed by atoms with Crippen LogP contribution in [0.15, 0.2) is 66.7 Å². The molecule has 2 aliphatic rings. The third kappa shape index (κ3) is 8.86. The highest BCUT2D eigenvalue weighted by Crippen LogP contribution is 2.41. The molecule has 6 atom stereocenters. The molecule has 0 aromatic heterocycles. The number of ether oxygens (including phenoxy) is 5. The van der Waals surface area contributed by atoms with Gasteiger partial charge in [0, 0.05) is 31.9 Å². The number of anilines is 1. The number of fused-ring (bicyclic) bond motifs is 1. The van der Waals surface area contributed by atoms with Crippen molar-refractivity contribution >= 4 is 45.2 Å². The average molecular weight is 751 g/mol. The molecule has 1 saturated heterocycles. The van der Waals surface area contributed by atoms with E-state index in [1.807, 2.05) is 25.1 Å². The van der Waals surface area contributed by atoms with Crippen molar-refractivity contribution in [3.05, 3.63) is 89.0 Å². The van der Waals surface area contributed by atoms with Crippen molar-refractivity contribution in [1.82, 2.24) is 4.90 Å². The zero-order valence-electron chi connectivity index (χ0n) is 30.2. The number of benzene rings is 3. The summed E-state index contributed by atoms with van der Waals surface area (Å²) in [5, 5.41) is 2.56. The molecule has 0 saturated carbocycles. The highest BCUT2D eigenvalue weighted by Gasteiger charge is 2.49. The summed E-state index contributed by atoms with van der Waals surface area (Å²) in [5.41, 5.74) is 1.11. The summed E-state index contributed by atoms with van der Waals surface area (Å²) in [5.74, 6) is -4.46. The molecule has 0 unspecified atom stereocenters. The minimum Gasteiger partial charge on any atom is -0.490 e. The van der Waals surface area contributed by atoms with Crippen molar-refractivity contribution in [3.8, 4) is 11.5 Å². The number of hydrogen-bond donors (Lipinski definition) is 1. The van der Waals surface area contributed by atoms with Crippen LogP contribution in [0.2, 0.25) is 0 Å². The number of amides is 3. The maximum Gasteiger partial charge on any atom is 0.339 e. The maximum absolute atomic E-state index is 13.8. The van der Waals surface area contributed by atoms with Crippen LogP contribution < -0.4 is 14.8 Å². The molecule has 3 aromatic carbocycles. The topological polar surface area (TPSA) is 181 Å². The summed E-state index contributed by atoms with van der Waals surface area (Å²) in [4.78, 5) is 65.7. The van der Waals surface area contributed by atoms with Crippen molar-refractivity contribution in [1.29, 1.82) is 0 Å². The second kappa shape index (κ2) is 16.2. The number of nitrogens with one attached hydrogen (secondary N) is 1. The molecule has 1 fully saturated rings. The molecule has 14 nitrogen and oxygen atoms in total. The van der Waals surface area contributed by atoms with E-state index in [0.29, 0.717) is 0 Å². The summed E-state index contributed by atoms with van der Waals surface area (Å²) in [6.07, 6.45) is -2.37. The number of imide groups is 1. The Morgan fingerprint density at radius 2 is 1.64 bits per heavy atom. The van der Waals surface area contributed by atoms with E-state index < -0.39 is 81.6 Å². The highest BCUT2D eigenvalue weighted by atomic mass is 32.2. The molecule has 0 radical (unpaired) electrons. The Kier molecular flexibility index (Phi) is 11.9. The van der Waals surface area contributed by atoms with Gasteiger partial charge in [-0.05, 0) is 42.3 Å². The van der Waals surface area contributed by atoms with Gasteiger partial charge >= 0.3 is 11.9 Å². The fourth-order valence-corrected chi connectivity index (χ4v) is 7.29. The quantitative estimate of drug-likeness (QED) is 0.192. The van der Waals surface area contributed by atoms with E-state index in [1.54, 1.807) is 26.0 Å². The van der Waals surface area contributed by atoms with Crippen molar-refractivity contribution in [2.45, 2.75) is 65.8 Å². The fourth-order valence-electron chi connectivity index (χ4n) is 6.37. The molecule has 0 spiro atoms. The van der Waals surface area contributed by atoms with Gasteiger partial charge in [0.1, 0.15) is 22.5 Å². The molecule has 15 heteroatoms. The van der Waals surface area contributed by atoms with Crippen LogP contribution in [-0.4, -0.2) is 80.1 Å². The first-order valence-corrected chi connectivity index (χ1v) is 19.1. The summed E-state index contributed by atoms with van der Waals surface area (Å²) in [7, 11) is -3.78. The lowest BCUT2D eigenvalue weighted by Gasteiger charge is -2.42. The number of rotatable bonds is 13. The Bertz CT molecular complexity index is 2000. The van der Waals surface area contributed by atoms with E-state index in [9.17, 15) is 32.4 Å². The minimum atomic E-state index is -3.78. The average Bonchev–Trinajstić information content (AvgIpc) is 3.35. The van der Waals surface area contributed by atoms with E-state index in [-0.39, 0.29) is 47.1 Å². The Morgan fingerprint density at radius 1 is 0.925 bits per heavy atom. The molecule has 53 heavy (non-hydrogen) atoms. The Balaban J connectivity index is 1.46. The van der Waals surface area contributed by atoms with Crippen molar-refractivity contribution < 1.29 is 56.1 Å². The van der Waals surface area contributed by atoms with Gasteiger partial charge in [-0.3, -0.25) is 24.1 Å². The van der Waals surface area contributed by atoms with Crippen LogP contribution in [0.25, 0.3) is 0 Å². The van der Waals surface area contributed by atoms with E-state index in [0.717, 1.165) is 16.7 Å². The molecule has 0 bridgehead atoms. The third-order valence-electron chi connectivity index (χ3n) is 9.04. The van der Waals surface area contributed by atoms with Gasteiger partial charge in [-0.15, -0.1) is 0 Å². The third-order valence-corrected chi connectivity index (χ3v) is 9.96. The predicted octanol–water partition coefficient (Wildman–Crippen LogP) is 4.48. The molecular weight excluding hydrogens is 708 g/mol. The normalized spacial score (nSPS) is 21.7. The Labute approximate surface area is 307 Å². The van der Waals surface area contributed by atoms with Crippen LogP contribution in [-0.2, 0) is 45.0 Å². The second-order valence-corrected chi connectivity index (χ2v) is 15.3. The van der Waals surface area contributed by atoms with Crippen molar-refractivity contribution in [2.75, 3.05) is 23.9 Å². The summed E-state index contributed by atoms with van der Waals surface area (Å²) < 4.78 is 55.0. The standard InChI is InChI=1S/C38H42N2O12S/c1-7-48-31-18-26(29(20-53(6,46)47)40-35(43)27-14-11-15-28(39-23(4)41)32(27)36(40)44)16-17-30(31)51-38-22(3)21(2)33(50-24(5)42)34(52-38)37(45)49-19-25-12-9-8-10-13-25/h8-18,21-22,29,33-34,38H,7,19-20H2,1-6H3,(H,39,41)/t21-,22-,29-,33+,34+,38-/m1/s1. The molecule has 3 aromatic rings. The summed E-state index contributed by atoms with van der Waals surface area (Å²) >= 11 is 0. The second-order valence-electron chi connectivity index (χ2n) is 13.1. The molecular formula is C38H42N2O12S. The molecule has 282 valence electrons. The van der Waals surface area contributed by atoms with Gasteiger partial charge < -0.3 is 29.0 Å². The van der Waals surface area contributed by atoms with Crippen LogP contribution in [0.3, 0.4) is 0 Å². The number of sulfone groups is 1. The molecule has 2 heterocycles. The first-order valence-electron chi connectivity index (χ1n) is 17.0. The van der Waals surface area contributed by atoms with Gasteiger partial charge in [0.15, 0.2) is 17.6 Å². The smallest absolute Gasteiger partial charge is 0.339 e. The van der Waals surface area contributed by atoms with Gasteiger partial charge in [0.2, 0.25) is 12.2 Å². The number of carbonyl (C=O) groups excluding carboxylic acids is 5. The largest absolute Gasteiger partial charge is 0.490 e. The van der Waals surface area contributed by atoms with E-state index in [2.05, 4.69) is 5.32 Å². The zero-order chi connectivity index (χ0) is 38.6. The van der Waals surface area contributed by atoms with Crippen LogP contribution in [0.1, 0.15) is 72.5 Å². The Hall–Kier alpha value is -5.28. The fraction of sp³-hybridized carbons (Fsp3) is 0.395. The molecule has 0 aliphatic carbocycles. The molecule has 3 amide bonds. The predicted molar refractivity (Wildman–Crippen MR) is 191 cm³/mol. The van der Waals surface area contributed by atoms with Crippen LogP contribution >= 0.6 is 0 Å². The van der Waals surface area contributed by atoms with Crippen LogP contribution in [0, 0.1) is 11.8 Å². The van der Waals surface area contributed by atoms with E-state index >= 15 is 0 Å². The molecule has 1 N–H and O–H groups in total. The lowest BCUT2D eigenvalue weighted by Crippen LogP contribution is -2.56. The van der Waals surface area contributed by atoms with Gasteiger partial charge in [0.25, 0.3) is 11.8 Å². The van der Waals surface area contributed by atoms with Gasteiger partial charge in [-0.1, -0.05) is 56.3 Å². The summed E-state index contributed by atoms with van der Waals surface area (Å²) in [6.45, 7) is 7.96. The van der Waals surface area contributed by atoms with Gasteiger partial charge in [0.05, 0.1) is 35.2 Å². The first-order chi connectivity index (χ1) is 25.1. The van der Waals surface area contributed by atoms with Crippen molar-refractivity contribution in [2.24, 2.45) is 11.8 Å². The SMILES string of the molecule is CCOc1cc([C@@H](CS(C)(=O)=O)N2C(=O)c3cccc(NC(C)=O)c3C2=O)ccc1O[C@@H]1O[C@H](C(=O)OCc2ccccc2)[C@@H](OC(C)=O)[C@H](C)[C@H]1C. The van der Waals surface area contributed by atoms with E-state index in [1.165, 1.54) is 50.2 Å². The minimum absolute atomic E-state index is 0.0196. The zero-order valence-corrected chi connectivity index (χ0v) is 31.0. The Morgan fingerprint density at radius 3 is 2.28 bits per heavy atom. The van der Waals surface area contributed by atoms with Gasteiger partial charge in [-0.2, -0.15) is 0 Å². The number of nitrogens with zero attached hydrogens (tertiary/aromatic N) is 1. The molecule has 5 rings (SSSR count). The van der Waals surface area contributed by atoms with Crippen molar-refractivity contribution in [3.63, 3.8) is 0 Å². The van der Waals surface area contributed by atoms with E-state index in [4.69, 9.17) is 23.7 Å². The van der Waals surface area contributed by atoms with Gasteiger partial charge in [-0.25, -0.2) is 13.2 Å². The van der Waals surface area contributed by atoms with Crippen LogP contribution in [0.4, 0.5) is 5.69 Å². The maximum atomic E-state index is 13.8. The summed E-state index contributed by atoms with van der Waals surface area (Å²) in [6, 6.07) is 16.7. The number of carbonyl (C=O) groups is 5.